The number of carbonyl (C=O) groups is 1. The van der Waals surface area contributed by atoms with Crippen molar-refractivity contribution < 1.29 is 4.79 Å². The van der Waals surface area contributed by atoms with Crippen LogP contribution in [0, 0.1) is 0 Å². The molecule has 132 valence electrons. The average molecular weight is 369 g/mol. The molecule has 4 rings (SSSR count). The van der Waals surface area contributed by atoms with Gasteiger partial charge in [0.1, 0.15) is 0 Å². The summed E-state index contributed by atoms with van der Waals surface area (Å²) >= 11 is 6.22. The molecule has 0 aliphatic carbocycles. The molecule has 1 aliphatic rings. The van der Waals surface area contributed by atoms with Crippen LogP contribution in [0.2, 0.25) is 5.02 Å². The van der Waals surface area contributed by atoms with Crippen molar-refractivity contribution in [2.24, 2.45) is 0 Å². The molecule has 6 nitrogen and oxygen atoms in total. The van der Waals surface area contributed by atoms with Gasteiger partial charge in [0.15, 0.2) is 0 Å². The van der Waals surface area contributed by atoms with E-state index in [0.717, 1.165) is 16.5 Å². The lowest BCUT2D eigenvalue weighted by Gasteiger charge is -2.27. The van der Waals surface area contributed by atoms with Crippen molar-refractivity contribution in [3.8, 4) is 0 Å². The van der Waals surface area contributed by atoms with E-state index >= 15 is 0 Å². The number of amides is 1. The monoisotopic (exact) mass is 368 g/mol. The number of rotatable bonds is 2. The quantitative estimate of drug-likeness (QED) is 0.696. The van der Waals surface area contributed by atoms with Gasteiger partial charge in [0.05, 0.1) is 30.6 Å². The molecule has 0 saturated carbocycles. The van der Waals surface area contributed by atoms with Crippen molar-refractivity contribution in [1.29, 1.82) is 0 Å². The van der Waals surface area contributed by atoms with E-state index in [-0.39, 0.29) is 11.5 Å². The maximum atomic E-state index is 12.9. The van der Waals surface area contributed by atoms with Crippen LogP contribution >= 0.6 is 11.6 Å². The minimum absolute atomic E-state index is 0.00176. The lowest BCUT2D eigenvalue weighted by molar-refractivity contribution is -0.129. The van der Waals surface area contributed by atoms with E-state index in [1.807, 2.05) is 24.3 Å². The van der Waals surface area contributed by atoms with Crippen molar-refractivity contribution in [1.82, 2.24) is 19.4 Å². The molecular formula is C19H17ClN4O2. The van der Waals surface area contributed by atoms with E-state index in [1.54, 1.807) is 22.0 Å². The number of hydrogen-bond acceptors (Lipinski definition) is 4. The molecule has 7 heteroatoms. The third-order valence-corrected chi connectivity index (χ3v) is 4.95. The van der Waals surface area contributed by atoms with Gasteiger partial charge in [-0.1, -0.05) is 17.7 Å². The summed E-state index contributed by atoms with van der Waals surface area (Å²) < 4.78 is 1.59. The first-order chi connectivity index (χ1) is 12.5. The molecule has 1 aromatic carbocycles. The molecule has 0 N–H and O–H groups in total. The summed E-state index contributed by atoms with van der Waals surface area (Å²) in [5.74, 6) is -0.00176. The van der Waals surface area contributed by atoms with Crippen molar-refractivity contribution >= 4 is 28.4 Å². The molecular weight excluding hydrogens is 352 g/mol. The zero-order valence-electron chi connectivity index (χ0n) is 14.3. The number of nitrogens with zero attached hydrogens (tertiary/aromatic N) is 4. The van der Waals surface area contributed by atoms with Crippen LogP contribution in [0.5, 0.6) is 0 Å². The Morgan fingerprint density at radius 2 is 2.15 bits per heavy atom. The number of halogens is 1. The van der Waals surface area contributed by atoms with Crippen LogP contribution in [0.3, 0.4) is 0 Å². The molecule has 26 heavy (non-hydrogen) atoms. The number of carbonyl (C=O) groups excluding carboxylic acids is 1. The molecule has 0 radical (unpaired) electrons. The minimum atomic E-state index is -0.0674. The average Bonchev–Trinajstić information content (AvgIpc) is 2.63. The Morgan fingerprint density at radius 1 is 1.31 bits per heavy atom. The van der Waals surface area contributed by atoms with Gasteiger partial charge < -0.3 is 4.90 Å². The second-order valence-corrected chi connectivity index (χ2v) is 6.87. The smallest absolute Gasteiger partial charge is 0.257 e. The number of hydrogen-bond donors (Lipinski definition) is 0. The van der Waals surface area contributed by atoms with Crippen LogP contribution < -0.4 is 5.56 Å². The van der Waals surface area contributed by atoms with Gasteiger partial charge in [-0.05, 0) is 30.2 Å². The molecule has 1 aliphatic heterocycles. The maximum Gasteiger partial charge on any atom is 0.257 e. The summed E-state index contributed by atoms with van der Waals surface area (Å²) in [5, 5.41) is 1.54. The Labute approximate surface area is 155 Å². The predicted molar refractivity (Wildman–Crippen MR) is 99.1 cm³/mol. The third kappa shape index (κ3) is 2.97. The SMILES string of the molecule is CC(=O)N1CCc2c(ncn(Cc3cc(Cl)cc4cccnc34)c2=O)C1. The molecule has 0 saturated heterocycles. The summed E-state index contributed by atoms with van der Waals surface area (Å²) in [7, 11) is 0. The summed E-state index contributed by atoms with van der Waals surface area (Å²) in [5.41, 5.74) is 3.00. The van der Waals surface area contributed by atoms with E-state index in [2.05, 4.69) is 9.97 Å². The largest absolute Gasteiger partial charge is 0.337 e. The lowest BCUT2D eigenvalue weighted by Crippen LogP contribution is -2.39. The van der Waals surface area contributed by atoms with Crippen LogP contribution in [-0.4, -0.2) is 31.9 Å². The van der Waals surface area contributed by atoms with Crippen molar-refractivity contribution in [3.05, 3.63) is 69.0 Å². The zero-order chi connectivity index (χ0) is 18.3. The van der Waals surface area contributed by atoms with Gasteiger partial charge in [0.2, 0.25) is 5.91 Å². The van der Waals surface area contributed by atoms with E-state index in [4.69, 9.17) is 11.6 Å². The van der Waals surface area contributed by atoms with Crippen molar-refractivity contribution in [2.75, 3.05) is 6.54 Å². The van der Waals surface area contributed by atoms with Gasteiger partial charge in [-0.2, -0.15) is 0 Å². The first-order valence-corrected chi connectivity index (χ1v) is 8.76. The third-order valence-electron chi connectivity index (χ3n) is 4.73. The Kier molecular flexibility index (Phi) is 4.20. The standard InChI is InChI=1S/C19H17ClN4O2/c1-12(25)23-6-4-16-17(10-23)22-11-24(19(16)26)9-14-8-15(20)7-13-3-2-5-21-18(13)14/h2-3,5,7-8,11H,4,6,9-10H2,1H3. The van der Waals surface area contributed by atoms with Gasteiger partial charge in [-0.3, -0.25) is 19.1 Å². The van der Waals surface area contributed by atoms with Crippen LogP contribution in [0.15, 0.2) is 41.6 Å². The Balaban J connectivity index is 1.73. The van der Waals surface area contributed by atoms with E-state index < -0.39 is 0 Å². The number of aromatic nitrogens is 3. The molecule has 0 fully saturated rings. The first kappa shape index (κ1) is 16.7. The minimum Gasteiger partial charge on any atom is -0.337 e. The van der Waals surface area contributed by atoms with Gasteiger partial charge in [0.25, 0.3) is 5.56 Å². The topological polar surface area (TPSA) is 68.1 Å². The van der Waals surface area contributed by atoms with Crippen LogP contribution in [0.4, 0.5) is 0 Å². The number of fused-ring (bicyclic) bond motifs is 2. The fourth-order valence-corrected chi connectivity index (χ4v) is 3.62. The second kappa shape index (κ2) is 6.53. The summed E-state index contributed by atoms with van der Waals surface area (Å²) in [6.45, 7) is 2.82. The first-order valence-electron chi connectivity index (χ1n) is 8.39. The Morgan fingerprint density at radius 3 is 2.96 bits per heavy atom. The van der Waals surface area contributed by atoms with E-state index in [1.165, 1.54) is 6.92 Å². The van der Waals surface area contributed by atoms with E-state index in [9.17, 15) is 9.59 Å². The Bertz CT molecular complexity index is 1080. The molecule has 0 unspecified atom stereocenters. The van der Waals surface area contributed by atoms with Crippen molar-refractivity contribution in [3.63, 3.8) is 0 Å². The van der Waals surface area contributed by atoms with Gasteiger partial charge in [0, 0.05) is 35.6 Å². The molecule has 2 aromatic heterocycles. The van der Waals surface area contributed by atoms with Crippen LogP contribution in [0.1, 0.15) is 23.7 Å². The molecule has 3 aromatic rings. The molecule has 0 atom stereocenters. The van der Waals surface area contributed by atoms with Crippen LogP contribution in [0.25, 0.3) is 10.9 Å². The van der Waals surface area contributed by atoms with Gasteiger partial charge in [-0.15, -0.1) is 0 Å². The van der Waals surface area contributed by atoms with Crippen LogP contribution in [-0.2, 0) is 24.3 Å². The van der Waals surface area contributed by atoms with Gasteiger partial charge >= 0.3 is 0 Å². The normalized spacial score (nSPS) is 13.7. The summed E-state index contributed by atoms with van der Waals surface area (Å²) in [6, 6.07) is 7.50. The highest BCUT2D eigenvalue weighted by atomic mass is 35.5. The highest BCUT2D eigenvalue weighted by molar-refractivity contribution is 6.31. The lowest BCUT2D eigenvalue weighted by atomic mass is 10.1. The summed E-state index contributed by atoms with van der Waals surface area (Å²) in [6.07, 6.45) is 3.79. The Hall–Kier alpha value is -2.73. The molecule has 3 heterocycles. The fraction of sp³-hybridized carbons (Fsp3) is 0.263. The highest BCUT2D eigenvalue weighted by Crippen LogP contribution is 2.23. The van der Waals surface area contributed by atoms with Crippen molar-refractivity contribution in [2.45, 2.75) is 26.4 Å². The zero-order valence-corrected chi connectivity index (χ0v) is 15.0. The number of benzene rings is 1. The molecule has 1 amide bonds. The van der Waals surface area contributed by atoms with Gasteiger partial charge in [-0.25, -0.2) is 4.98 Å². The van der Waals surface area contributed by atoms with E-state index in [0.29, 0.717) is 42.3 Å². The molecule has 0 bridgehead atoms. The highest BCUT2D eigenvalue weighted by Gasteiger charge is 2.22. The maximum absolute atomic E-state index is 12.9. The summed E-state index contributed by atoms with van der Waals surface area (Å²) in [4.78, 5) is 35.0. The molecule has 0 spiro atoms. The predicted octanol–water partition coefficient (Wildman–Crippen LogP) is 2.40. The second-order valence-electron chi connectivity index (χ2n) is 6.43. The number of pyridine rings is 1. The fourth-order valence-electron chi connectivity index (χ4n) is 3.37.